The lowest BCUT2D eigenvalue weighted by molar-refractivity contribution is 0.432. The van der Waals surface area contributed by atoms with Gasteiger partial charge in [-0.25, -0.2) is 8.42 Å². The smallest absolute Gasteiger partial charge is 0.154 e. The zero-order valence-corrected chi connectivity index (χ0v) is 12.3. The van der Waals surface area contributed by atoms with Gasteiger partial charge in [0.15, 0.2) is 9.84 Å². The third-order valence-corrected chi connectivity index (χ3v) is 6.11. The molecular weight excluding hydrogens is 262 g/mol. The number of rotatable bonds is 6. The van der Waals surface area contributed by atoms with E-state index in [1.165, 1.54) is 0 Å². The fraction of sp³-hybridized carbons (Fsp3) is 0.714. The van der Waals surface area contributed by atoms with Gasteiger partial charge in [0.05, 0.1) is 23.5 Å². The van der Waals surface area contributed by atoms with E-state index in [1.807, 2.05) is 6.07 Å². The molecule has 1 aromatic rings. The molecule has 1 N–H and O–H groups in total. The normalized spacial score (nSPS) is 24.2. The van der Waals surface area contributed by atoms with Crippen LogP contribution in [0.1, 0.15) is 38.2 Å². The second kappa shape index (κ2) is 6.57. The molecule has 0 bridgehead atoms. The Morgan fingerprint density at radius 3 is 2.95 bits per heavy atom. The minimum Gasteiger partial charge on any atom is -0.472 e. The zero-order valence-electron chi connectivity index (χ0n) is 11.5. The molecule has 1 saturated heterocycles. The first-order chi connectivity index (χ1) is 9.13. The van der Waals surface area contributed by atoms with Gasteiger partial charge < -0.3 is 9.73 Å². The van der Waals surface area contributed by atoms with E-state index in [0.717, 1.165) is 44.2 Å². The molecule has 0 spiro atoms. The predicted octanol–water partition coefficient (Wildman–Crippen LogP) is 2.16. The number of furan rings is 1. The minimum atomic E-state index is -2.95. The molecule has 1 aromatic heterocycles. The first-order valence-corrected chi connectivity index (χ1v) is 8.81. The van der Waals surface area contributed by atoms with Crippen molar-refractivity contribution in [3.8, 4) is 0 Å². The van der Waals surface area contributed by atoms with Crippen LogP contribution in [0.2, 0.25) is 0 Å². The second-order valence-corrected chi connectivity index (χ2v) is 7.64. The van der Waals surface area contributed by atoms with E-state index in [0.29, 0.717) is 5.75 Å². The van der Waals surface area contributed by atoms with Crippen molar-refractivity contribution in [2.45, 2.75) is 50.3 Å². The Bertz CT molecular complexity index is 467. The van der Waals surface area contributed by atoms with Crippen molar-refractivity contribution in [3.05, 3.63) is 24.2 Å². The van der Waals surface area contributed by atoms with Crippen molar-refractivity contribution in [2.75, 3.05) is 12.3 Å². The van der Waals surface area contributed by atoms with Crippen LogP contribution in [-0.2, 0) is 16.3 Å². The summed E-state index contributed by atoms with van der Waals surface area (Å²) < 4.78 is 29.6. The molecule has 4 nitrogen and oxygen atoms in total. The predicted molar refractivity (Wildman–Crippen MR) is 75.9 cm³/mol. The monoisotopic (exact) mass is 285 g/mol. The highest BCUT2D eigenvalue weighted by atomic mass is 32.2. The maximum Gasteiger partial charge on any atom is 0.154 e. The van der Waals surface area contributed by atoms with Crippen molar-refractivity contribution in [3.63, 3.8) is 0 Å². The lowest BCUT2D eigenvalue weighted by Crippen LogP contribution is -2.48. The molecule has 0 aliphatic carbocycles. The van der Waals surface area contributed by atoms with Gasteiger partial charge >= 0.3 is 0 Å². The molecule has 0 radical (unpaired) electrons. The SMILES string of the molecule is CCCNC(Cc1ccoc1)C1CCCCS1(=O)=O. The Kier molecular flexibility index (Phi) is 5.05. The summed E-state index contributed by atoms with van der Waals surface area (Å²) in [6.07, 6.45) is 7.68. The fourth-order valence-corrected chi connectivity index (χ4v) is 4.89. The summed E-state index contributed by atoms with van der Waals surface area (Å²) in [5.74, 6) is 0.341. The van der Waals surface area contributed by atoms with E-state index >= 15 is 0 Å². The topological polar surface area (TPSA) is 59.3 Å². The van der Waals surface area contributed by atoms with Gasteiger partial charge in [-0.2, -0.15) is 0 Å². The second-order valence-electron chi connectivity index (χ2n) is 5.30. The summed E-state index contributed by atoms with van der Waals surface area (Å²) in [5.41, 5.74) is 1.06. The van der Waals surface area contributed by atoms with Crippen LogP contribution in [0, 0.1) is 0 Å². The average Bonchev–Trinajstić information content (AvgIpc) is 2.87. The standard InChI is InChI=1S/C14H23NO3S/c1-2-7-15-13(10-12-6-8-18-11-12)14-5-3-4-9-19(14,16)17/h6,8,11,13-15H,2-5,7,9-10H2,1H3. The Hall–Kier alpha value is -0.810. The number of nitrogens with one attached hydrogen (secondary N) is 1. The summed E-state index contributed by atoms with van der Waals surface area (Å²) in [5, 5.41) is 3.16. The summed E-state index contributed by atoms with van der Waals surface area (Å²) >= 11 is 0. The van der Waals surface area contributed by atoms with Gasteiger partial charge in [-0.1, -0.05) is 13.3 Å². The van der Waals surface area contributed by atoms with Crippen molar-refractivity contribution in [1.82, 2.24) is 5.32 Å². The largest absolute Gasteiger partial charge is 0.472 e. The molecule has 108 valence electrons. The van der Waals surface area contributed by atoms with Crippen LogP contribution in [0.5, 0.6) is 0 Å². The van der Waals surface area contributed by atoms with Crippen LogP contribution in [0.15, 0.2) is 23.0 Å². The zero-order chi connectivity index (χ0) is 13.7. The third kappa shape index (κ3) is 3.83. The molecule has 5 heteroatoms. The summed E-state index contributed by atoms with van der Waals surface area (Å²) in [4.78, 5) is 0. The van der Waals surface area contributed by atoms with Crippen molar-refractivity contribution >= 4 is 9.84 Å². The van der Waals surface area contributed by atoms with E-state index in [9.17, 15) is 8.42 Å². The van der Waals surface area contributed by atoms with Crippen LogP contribution in [0.3, 0.4) is 0 Å². The Labute approximate surface area is 115 Å². The number of hydrogen-bond acceptors (Lipinski definition) is 4. The quantitative estimate of drug-likeness (QED) is 0.870. The molecule has 0 amide bonds. The lowest BCUT2D eigenvalue weighted by atomic mass is 10.0. The van der Waals surface area contributed by atoms with Gasteiger partial charge in [0, 0.05) is 6.04 Å². The summed E-state index contributed by atoms with van der Waals surface area (Å²) in [6, 6.07) is 1.92. The van der Waals surface area contributed by atoms with E-state index in [-0.39, 0.29) is 11.3 Å². The van der Waals surface area contributed by atoms with E-state index in [2.05, 4.69) is 12.2 Å². The summed E-state index contributed by atoms with van der Waals surface area (Å²) in [7, 11) is -2.95. The maximum atomic E-state index is 12.3. The number of hydrogen-bond donors (Lipinski definition) is 1. The van der Waals surface area contributed by atoms with Crippen molar-refractivity contribution in [2.24, 2.45) is 0 Å². The van der Waals surface area contributed by atoms with Crippen LogP contribution >= 0.6 is 0 Å². The fourth-order valence-electron chi connectivity index (χ4n) is 2.76. The molecule has 1 aliphatic heterocycles. The molecule has 2 unspecified atom stereocenters. The molecular formula is C14H23NO3S. The van der Waals surface area contributed by atoms with Crippen molar-refractivity contribution in [1.29, 1.82) is 0 Å². The molecule has 1 fully saturated rings. The molecule has 2 rings (SSSR count). The van der Waals surface area contributed by atoms with Crippen LogP contribution in [0.25, 0.3) is 0 Å². The average molecular weight is 285 g/mol. The highest BCUT2D eigenvalue weighted by Gasteiger charge is 2.35. The van der Waals surface area contributed by atoms with Gasteiger partial charge in [0.25, 0.3) is 0 Å². The first kappa shape index (κ1) is 14.6. The van der Waals surface area contributed by atoms with Gasteiger partial charge in [-0.3, -0.25) is 0 Å². The van der Waals surface area contributed by atoms with E-state index in [1.54, 1.807) is 12.5 Å². The Morgan fingerprint density at radius 1 is 1.47 bits per heavy atom. The first-order valence-electron chi connectivity index (χ1n) is 7.09. The molecule has 2 heterocycles. The molecule has 1 aliphatic rings. The molecule has 0 aromatic carbocycles. The van der Waals surface area contributed by atoms with Crippen LogP contribution in [-0.4, -0.2) is 32.0 Å². The Morgan fingerprint density at radius 2 is 2.32 bits per heavy atom. The molecule has 2 atom stereocenters. The van der Waals surface area contributed by atoms with E-state index in [4.69, 9.17) is 4.42 Å². The molecule has 0 saturated carbocycles. The van der Waals surface area contributed by atoms with Gasteiger partial charge in [0.1, 0.15) is 0 Å². The van der Waals surface area contributed by atoms with Crippen LogP contribution < -0.4 is 5.32 Å². The van der Waals surface area contributed by atoms with E-state index < -0.39 is 9.84 Å². The van der Waals surface area contributed by atoms with Gasteiger partial charge in [0.2, 0.25) is 0 Å². The minimum absolute atomic E-state index is 0.00264. The number of sulfone groups is 1. The highest BCUT2D eigenvalue weighted by Crippen LogP contribution is 2.24. The third-order valence-electron chi connectivity index (χ3n) is 3.77. The van der Waals surface area contributed by atoms with Gasteiger partial charge in [-0.15, -0.1) is 0 Å². The van der Waals surface area contributed by atoms with Crippen molar-refractivity contribution < 1.29 is 12.8 Å². The summed E-state index contributed by atoms with van der Waals surface area (Å²) in [6.45, 7) is 2.95. The molecule has 19 heavy (non-hydrogen) atoms. The highest BCUT2D eigenvalue weighted by molar-refractivity contribution is 7.92. The van der Waals surface area contributed by atoms with Crippen LogP contribution in [0.4, 0.5) is 0 Å². The lowest BCUT2D eigenvalue weighted by Gasteiger charge is -2.30. The Balaban J connectivity index is 2.11. The maximum absolute atomic E-state index is 12.3. The van der Waals surface area contributed by atoms with Gasteiger partial charge in [-0.05, 0) is 43.9 Å².